The quantitative estimate of drug-likeness (QED) is 0.685. The predicted octanol–water partition coefficient (Wildman–Crippen LogP) is 3.04. The number of hydrazone groups is 1. The lowest BCUT2D eigenvalue weighted by molar-refractivity contribution is 1.34. The van der Waals surface area contributed by atoms with E-state index in [1.54, 1.807) is 30.3 Å². The molecule has 2 aromatic rings. The average molecular weight is 271 g/mol. The summed E-state index contributed by atoms with van der Waals surface area (Å²) in [5.41, 5.74) is 5.58. The molecule has 0 aliphatic rings. The minimum absolute atomic E-state index is 0.235. The van der Waals surface area contributed by atoms with Crippen LogP contribution in [0.3, 0.4) is 0 Å². The highest BCUT2D eigenvalue weighted by molar-refractivity contribution is 6.10. The van der Waals surface area contributed by atoms with Crippen LogP contribution in [0.2, 0.25) is 0 Å². The van der Waals surface area contributed by atoms with E-state index >= 15 is 0 Å². The Morgan fingerprint density at radius 2 is 1.62 bits per heavy atom. The maximum Gasteiger partial charge on any atom is 0.237 e. The molecule has 0 fully saturated rings. The summed E-state index contributed by atoms with van der Waals surface area (Å²) in [4.78, 5) is 0. The molecule has 98 valence electrons. The Morgan fingerprint density at radius 1 is 0.905 bits per heavy atom. The van der Waals surface area contributed by atoms with Gasteiger partial charge >= 0.3 is 0 Å². The van der Waals surface area contributed by atoms with Crippen LogP contribution in [0.4, 0.5) is 5.69 Å². The molecule has 0 aliphatic heterocycles. The predicted molar refractivity (Wildman–Crippen MR) is 78.9 cm³/mol. The Morgan fingerprint density at radius 3 is 2.24 bits per heavy atom. The van der Waals surface area contributed by atoms with Gasteiger partial charge in [0.25, 0.3) is 0 Å². The number of rotatable bonds is 3. The molecule has 0 atom stereocenters. The van der Waals surface area contributed by atoms with Gasteiger partial charge in [-0.25, -0.2) is 0 Å². The van der Waals surface area contributed by atoms with E-state index in [1.807, 2.05) is 30.3 Å². The maximum atomic E-state index is 8.89. The van der Waals surface area contributed by atoms with Gasteiger partial charge in [-0.05, 0) is 35.4 Å². The van der Waals surface area contributed by atoms with Crippen molar-refractivity contribution in [1.29, 1.82) is 15.8 Å². The molecule has 2 aromatic carbocycles. The van der Waals surface area contributed by atoms with Crippen LogP contribution in [0.5, 0.6) is 0 Å². The summed E-state index contributed by atoms with van der Waals surface area (Å²) in [5, 5.41) is 29.7. The summed E-state index contributed by atoms with van der Waals surface area (Å²) in [6.07, 6.45) is 0. The molecule has 2 rings (SSSR count). The molecule has 0 amide bonds. The molecule has 5 nitrogen and oxygen atoms in total. The van der Waals surface area contributed by atoms with Crippen molar-refractivity contribution in [2.75, 3.05) is 5.43 Å². The average Bonchev–Trinajstić information content (AvgIpc) is 2.56. The molecule has 21 heavy (non-hydrogen) atoms. The van der Waals surface area contributed by atoms with Gasteiger partial charge in [-0.2, -0.15) is 20.9 Å². The number of nitrogens with zero attached hydrogens (tertiary/aromatic N) is 4. The third kappa shape index (κ3) is 3.44. The number of benzene rings is 2. The second kappa shape index (κ2) is 6.52. The standard InChI is InChI=1S/C16H9N5/c17-9-12-2-1-3-14(8-12)13-4-6-15(7-5-13)20-21-16(10-18)11-19/h1-8,20H. The van der Waals surface area contributed by atoms with Crippen molar-refractivity contribution in [3.05, 3.63) is 54.1 Å². The third-order valence-corrected chi connectivity index (χ3v) is 2.72. The molecule has 0 aromatic heterocycles. The van der Waals surface area contributed by atoms with Crippen LogP contribution in [0, 0.1) is 34.0 Å². The van der Waals surface area contributed by atoms with E-state index in [0.717, 1.165) is 11.1 Å². The van der Waals surface area contributed by atoms with Crippen molar-refractivity contribution in [2.45, 2.75) is 0 Å². The molecule has 1 N–H and O–H groups in total. The van der Waals surface area contributed by atoms with Crippen molar-refractivity contribution >= 4 is 11.4 Å². The van der Waals surface area contributed by atoms with Gasteiger partial charge in [-0.15, -0.1) is 0 Å². The minimum atomic E-state index is -0.235. The van der Waals surface area contributed by atoms with Crippen molar-refractivity contribution in [3.63, 3.8) is 0 Å². The fraction of sp³-hybridized carbons (Fsp3) is 0. The Balaban J connectivity index is 2.20. The number of nitrogens with one attached hydrogen (secondary N) is 1. The first-order valence-corrected chi connectivity index (χ1v) is 6.01. The fourth-order valence-corrected chi connectivity index (χ4v) is 1.70. The van der Waals surface area contributed by atoms with E-state index in [0.29, 0.717) is 11.3 Å². The first-order valence-electron chi connectivity index (χ1n) is 6.01. The molecule has 0 saturated carbocycles. The number of hydrogen-bond donors (Lipinski definition) is 1. The van der Waals surface area contributed by atoms with Gasteiger partial charge in [0.1, 0.15) is 12.1 Å². The van der Waals surface area contributed by atoms with Crippen LogP contribution in [0.15, 0.2) is 53.6 Å². The summed E-state index contributed by atoms with van der Waals surface area (Å²) in [6, 6.07) is 20.0. The van der Waals surface area contributed by atoms with Gasteiger partial charge in [0, 0.05) is 0 Å². The van der Waals surface area contributed by atoms with Crippen molar-refractivity contribution in [2.24, 2.45) is 5.10 Å². The van der Waals surface area contributed by atoms with Gasteiger partial charge in [0.05, 0.1) is 17.3 Å². The van der Waals surface area contributed by atoms with Crippen LogP contribution >= 0.6 is 0 Å². The number of anilines is 1. The van der Waals surface area contributed by atoms with E-state index in [9.17, 15) is 0 Å². The van der Waals surface area contributed by atoms with Crippen molar-refractivity contribution in [1.82, 2.24) is 0 Å². The fourth-order valence-electron chi connectivity index (χ4n) is 1.70. The molecule has 0 bridgehead atoms. The topological polar surface area (TPSA) is 95.8 Å². The molecular formula is C16H9N5. The zero-order valence-corrected chi connectivity index (χ0v) is 10.9. The monoisotopic (exact) mass is 271 g/mol. The first kappa shape index (κ1) is 13.8. The van der Waals surface area contributed by atoms with E-state index in [1.165, 1.54) is 0 Å². The van der Waals surface area contributed by atoms with E-state index in [4.69, 9.17) is 15.8 Å². The van der Waals surface area contributed by atoms with Crippen LogP contribution < -0.4 is 5.43 Å². The summed E-state index contributed by atoms with van der Waals surface area (Å²) in [7, 11) is 0. The Labute approximate surface area is 122 Å². The molecule has 0 unspecified atom stereocenters. The molecule has 5 heteroatoms. The first-order chi connectivity index (χ1) is 10.3. The highest BCUT2D eigenvalue weighted by Crippen LogP contribution is 2.22. The summed E-state index contributed by atoms with van der Waals surface area (Å²) in [6.45, 7) is 0. The van der Waals surface area contributed by atoms with Gasteiger partial charge in [0.15, 0.2) is 0 Å². The highest BCUT2D eigenvalue weighted by Gasteiger charge is 2.00. The molecule has 0 aliphatic carbocycles. The largest absolute Gasteiger partial charge is 0.277 e. The second-order valence-electron chi connectivity index (χ2n) is 4.07. The maximum absolute atomic E-state index is 8.89. The van der Waals surface area contributed by atoms with Crippen molar-refractivity contribution < 1.29 is 0 Å². The molecule has 0 radical (unpaired) electrons. The van der Waals surface area contributed by atoms with Crippen molar-refractivity contribution in [3.8, 4) is 29.3 Å². The number of nitriles is 3. The van der Waals surface area contributed by atoms with Gasteiger partial charge < -0.3 is 0 Å². The Kier molecular flexibility index (Phi) is 4.28. The van der Waals surface area contributed by atoms with Crippen LogP contribution in [0.1, 0.15) is 5.56 Å². The van der Waals surface area contributed by atoms with Gasteiger partial charge in [-0.3, -0.25) is 5.43 Å². The molecule has 0 saturated heterocycles. The van der Waals surface area contributed by atoms with Crippen LogP contribution in [0.25, 0.3) is 11.1 Å². The molecule has 0 spiro atoms. The number of hydrogen-bond acceptors (Lipinski definition) is 5. The zero-order valence-electron chi connectivity index (χ0n) is 10.9. The Bertz CT molecular complexity index is 782. The van der Waals surface area contributed by atoms with Crippen LogP contribution in [-0.2, 0) is 0 Å². The Hall–Kier alpha value is -3.62. The van der Waals surface area contributed by atoms with Crippen LogP contribution in [-0.4, -0.2) is 5.71 Å². The minimum Gasteiger partial charge on any atom is -0.277 e. The normalized spacial score (nSPS) is 8.81. The summed E-state index contributed by atoms with van der Waals surface area (Å²) < 4.78 is 0. The molecule has 0 heterocycles. The summed E-state index contributed by atoms with van der Waals surface area (Å²) in [5.74, 6) is 0. The third-order valence-electron chi connectivity index (χ3n) is 2.72. The SMILES string of the molecule is N#CC(C#N)=NNc1ccc(-c2cccc(C#N)c2)cc1. The smallest absolute Gasteiger partial charge is 0.237 e. The lowest BCUT2D eigenvalue weighted by Crippen LogP contribution is -1.96. The highest BCUT2D eigenvalue weighted by atomic mass is 15.3. The zero-order chi connectivity index (χ0) is 15.1. The second-order valence-corrected chi connectivity index (χ2v) is 4.07. The van der Waals surface area contributed by atoms with Gasteiger partial charge in [-0.1, -0.05) is 24.3 Å². The molecular weight excluding hydrogens is 262 g/mol. The lowest BCUT2D eigenvalue weighted by atomic mass is 10.0. The summed E-state index contributed by atoms with van der Waals surface area (Å²) >= 11 is 0. The lowest BCUT2D eigenvalue weighted by Gasteiger charge is -2.04. The van der Waals surface area contributed by atoms with E-state index in [-0.39, 0.29) is 5.71 Å². The van der Waals surface area contributed by atoms with E-state index < -0.39 is 0 Å². The van der Waals surface area contributed by atoms with Gasteiger partial charge in [0.2, 0.25) is 5.71 Å². The van der Waals surface area contributed by atoms with E-state index in [2.05, 4.69) is 16.6 Å².